The maximum atomic E-state index is 13.9. The van der Waals surface area contributed by atoms with Crippen molar-refractivity contribution in [2.45, 2.75) is 32.4 Å². The van der Waals surface area contributed by atoms with Gasteiger partial charge in [-0.1, -0.05) is 60.7 Å². The second kappa shape index (κ2) is 10.3. The number of para-hydroxylation sites is 1. The lowest BCUT2D eigenvalue weighted by atomic mass is 9.88. The standard InChI is InChI=1S/C27H28FN3O2/c1-19-16-21(12-14-24(19)28)25-15-13-22(26(32)30-23-10-6-3-7-11-23)18-31(25)27(33)29-17-20-8-4-2-5-9-20/h2-12,14,16,22,25H,13,15,17-18H2,1H3,(H,29,33)(H,30,32). The Labute approximate surface area is 193 Å². The summed E-state index contributed by atoms with van der Waals surface area (Å²) in [6.07, 6.45) is 1.26. The van der Waals surface area contributed by atoms with E-state index in [0.29, 0.717) is 31.5 Å². The van der Waals surface area contributed by atoms with Crippen molar-refractivity contribution in [2.75, 3.05) is 11.9 Å². The Kier molecular flexibility index (Phi) is 7.03. The molecule has 0 bridgehead atoms. The normalized spacial score (nSPS) is 17.9. The van der Waals surface area contributed by atoms with Crippen LogP contribution in [-0.4, -0.2) is 23.4 Å². The van der Waals surface area contributed by atoms with E-state index in [1.165, 1.54) is 6.07 Å². The van der Waals surface area contributed by atoms with E-state index in [1.807, 2.05) is 60.7 Å². The zero-order valence-corrected chi connectivity index (χ0v) is 18.6. The predicted molar refractivity (Wildman–Crippen MR) is 127 cm³/mol. The van der Waals surface area contributed by atoms with Crippen LogP contribution in [0.3, 0.4) is 0 Å². The Hall–Kier alpha value is -3.67. The van der Waals surface area contributed by atoms with E-state index < -0.39 is 0 Å². The van der Waals surface area contributed by atoms with Gasteiger partial charge in [0.15, 0.2) is 0 Å². The van der Waals surface area contributed by atoms with Crippen LogP contribution in [0.1, 0.15) is 35.6 Å². The molecule has 1 aliphatic rings. The number of nitrogens with zero attached hydrogens (tertiary/aromatic N) is 1. The summed E-state index contributed by atoms with van der Waals surface area (Å²) in [6.45, 7) is 2.41. The van der Waals surface area contributed by atoms with Gasteiger partial charge in [0.25, 0.3) is 0 Å². The van der Waals surface area contributed by atoms with Crippen LogP contribution in [0.15, 0.2) is 78.9 Å². The minimum Gasteiger partial charge on any atom is -0.334 e. The number of halogens is 1. The fraction of sp³-hybridized carbons (Fsp3) is 0.259. The van der Waals surface area contributed by atoms with Crippen LogP contribution >= 0.6 is 0 Å². The molecule has 33 heavy (non-hydrogen) atoms. The first-order valence-corrected chi connectivity index (χ1v) is 11.2. The van der Waals surface area contributed by atoms with Gasteiger partial charge >= 0.3 is 6.03 Å². The first-order valence-electron chi connectivity index (χ1n) is 11.2. The molecule has 5 nitrogen and oxygen atoms in total. The number of aryl methyl sites for hydroxylation is 1. The number of benzene rings is 3. The number of carbonyl (C=O) groups excluding carboxylic acids is 2. The number of hydrogen-bond acceptors (Lipinski definition) is 2. The Morgan fingerprint density at radius 3 is 2.36 bits per heavy atom. The number of rotatable bonds is 5. The van der Waals surface area contributed by atoms with Crippen LogP contribution in [0.4, 0.5) is 14.9 Å². The second-order valence-corrected chi connectivity index (χ2v) is 8.45. The topological polar surface area (TPSA) is 61.4 Å². The van der Waals surface area contributed by atoms with Gasteiger partial charge < -0.3 is 15.5 Å². The minimum absolute atomic E-state index is 0.101. The number of nitrogens with one attached hydrogen (secondary N) is 2. The third-order valence-corrected chi connectivity index (χ3v) is 6.11. The van der Waals surface area contributed by atoms with Gasteiger partial charge in [-0.25, -0.2) is 9.18 Å². The molecule has 170 valence electrons. The van der Waals surface area contributed by atoms with Gasteiger partial charge in [-0.3, -0.25) is 4.79 Å². The van der Waals surface area contributed by atoms with Crippen molar-refractivity contribution in [3.05, 3.63) is 101 Å². The highest BCUT2D eigenvalue weighted by Crippen LogP contribution is 2.34. The monoisotopic (exact) mass is 445 g/mol. The van der Waals surface area contributed by atoms with E-state index in [0.717, 1.165) is 16.8 Å². The van der Waals surface area contributed by atoms with E-state index in [1.54, 1.807) is 24.0 Å². The molecular formula is C27H28FN3O2. The fourth-order valence-electron chi connectivity index (χ4n) is 4.27. The third-order valence-electron chi connectivity index (χ3n) is 6.11. The molecule has 1 saturated heterocycles. The van der Waals surface area contributed by atoms with Gasteiger partial charge in [0.05, 0.1) is 12.0 Å². The molecular weight excluding hydrogens is 417 g/mol. The number of urea groups is 1. The van der Waals surface area contributed by atoms with Crippen molar-refractivity contribution in [3.63, 3.8) is 0 Å². The lowest BCUT2D eigenvalue weighted by Crippen LogP contribution is -2.49. The molecule has 1 aliphatic heterocycles. The molecule has 2 atom stereocenters. The van der Waals surface area contributed by atoms with Gasteiger partial charge in [0, 0.05) is 18.8 Å². The molecule has 0 saturated carbocycles. The summed E-state index contributed by atoms with van der Waals surface area (Å²) in [5.74, 6) is -0.698. The largest absolute Gasteiger partial charge is 0.334 e. The molecule has 3 aromatic carbocycles. The van der Waals surface area contributed by atoms with Gasteiger partial charge in [-0.2, -0.15) is 0 Å². The molecule has 1 heterocycles. The van der Waals surface area contributed by atoms with Crippen molar-refractivity contribution < 1.29 is 14.0 Å². The van der Waals surface area contributed by atoms with Crippen LogP contribution < -0.4 is 10.6 Å². The zero-order valence-electron chi connectivity index (χ0n) is 18.6. The summed E-state index contributed by atoms with van der Waals surface area (Å²) < 4.78 is 13.9. The maximum absolute atomic E-state index is 13.9. The van der Waals surface area contributed by atoms with Crippen LogP contribution in [0.25, 0.3) is 0 Å². The maximum Gasteiger partial charge on any atom is 0.318 e. The van der Waals surface area contributed by atoms with Crippen molar-refractivity contribution in [2.24, 2.45) is 5.92 Å². The first kappa shape index (κ1) is 22.5. The lowest BCUT2D eigenvalue weighted by Gasteiger charge is -2.39. The summed E-state index contributed by atoms with van der Waals surface area (Å²) >= 11 is 0. The SMILES string of the molecule is Cc1cc(C2CCC(C(=O)Nc3ccccc3)CN2C(=O)NCc2ccccc2)ccc1F. The highest BCUT2D eigenvalue weighted by Gasteiger charge is 2.35. The van der Waals surface area contributed by atoms with Crippen LogP contribution in [0, 0.1) is 18.7 Å². The summed E-state index contributed by atoms with van der Waals surface area (Å²) in [5.41, 5.74) is 3.15. The number of hydrogen-bond donors (Lipinski definition) is 2. The van der Waals surface area contributed by atoms with Gasteiger partial charge in [0.2, 0.25) is 5.91 Å². The average molecular weight is 446 g/mol. The molecule has 4 rings (SSSR count). The molecule has 1 fully saturated rings. The predicted octanol–water partition coefficient (Wildman–Crippen LogP) is 5.44. The quantitative estimate of drug-likeness (QED) is 0.550. The Morgan fingerprint density at radius 1 is 0.970 bits per heavy atom. The van der Waals surface area contributed by atoms with Crippen molar-refractivity contribution in [1.82, 2.24) is 10.2 Å². The van der Waals surface area contributed by atoms with Crippen LogP contribution in [0.5, 0.6) is 0 Å². The van der Waals surface area contributed by atoms with E-state index in [2.05, 4.69) is 10.6 Å². The average Bonchev–Trinajstić information content (AvgIpc) is 2.85. The van der Waals surface area contributed by atoms with Gasteiger partial charge in [-0.15, -0.1) is 0 Å². The smallest absolute Gasteiger partial charge is 0.318 e. The molecule has 3 aromatic rings. The summed E-state index contributed by atoms with van der Waals surface area (Å²) in [6, 6.07) is 23.5. The molecule has 0 spiro atoms. The van der Waals surface area contributed by atoms with Crippen molar-refractivity contribution in [3.8, 4) is 0 Å². The van der Waals surface area contributed by atoms with Gasteiger partial charge in [0.1, 0.15) is 5.82 Å². The molecule has 0 radical (unpaired) electrons. The summed E-state index contributed by atoms with van der Waals surface area (Å²) in [7, 11) is 0. The third kappa shape index (κ3) is 5.58. The van der Waals surface area contributed by atoms with Crippen molar-refractivity contribution in [1.29, 1.82) is 0 Å². The number of carbonyl (C=O) groups is 2. The zero-order chi connectivity index (χ0) is 23.2. The molecule has 3 amide bonds. The molecule has 2 unspecified atom stereocenters. The number of amides is 3. The lowest BCUT2D eigenvalue weighted by molar-refractivity contribution is -0.121. The van der Waals surface area contributed by atoms with Gasteiger partial charge in [-0.05, 0) is 54.7 Å². The van der Waals surface area contributed by atoms with E-state index in [-0.39, 0.29) is 29.7 Å². The van der Waals surface area contributed by atoms with E-state index >= 15 is 0 Å². The molecule has 6 heteroatoms. The highest BCUT2D eigenvalue weighted by atomic mass is 19.1. The fourth-order valence-corrected chi connectivity index (χ4v) is 4.27. The summed E-state index contributed by atoms with van der Waals surface area (Å²) in [5, 5.41) is 5.94. The number of likely N-dealkylation sites (tertiary alicyclic amines) is 1. The Morgan fingerprint density at radius 2 is 1.67 bits per heavy atom. The number of anilines is 1. The second-order valence-electron chi connectivity index (χ2n) is 8.45. The van der Waals surface area contributed by atoms with Crippen LogP contribution in [0.2, 0.25) is 0 Å². The Balaban J connectivity index is 1.52. The molecule has 0 aliphatic carbocycles. The minimum atomic E-state index is -0.328. The van der Waals surface area contributed by atoms with Crippen LogP contribution in [-0.2, 0) is 11.3 Å². The Bertz CT molecular complexity index is 1100. The summed E-state index contributed by atoms with van der Waals surface area (Å²) in [4.78, 5) is 27.9. The van der Waals surface area contributed by atoms with Crippen molar-refractivity contribution >= 4 is 17.6 Å². The molecule has 0 aromatic heterocycles. The van der Waals surface area contributed by atoms with E-state index in [9.17, 15) is 14.0 Å². The number of piperidine rings is 1. The highest BCUT2D eigenvalue weighted by molar-refractivity contribution is 5.93. The molecule has 2 N–H and O–H groups in total. The van der Waals surface area contributed by atoms with E-state index in [4.69, 9.17) is 0 Å². The first-order chi connectivity index (χ1) is 16.0.